The summed E-state index contributed by atoms with van der Waals surface area (Å²) in [6, 6.07) is 7.43. The second kappa shape index (κ2) is 5.99. The highest BCUT2D eigenvalue weighted by atomic mass is 35.5. The maximum absolute atomic E-state index is 11.6. The zero-order chi connectivity index (χ0) is 13.8. The zero-order valence-corrected chi connectivity index (χ0v) is 11.4. The summed E-state index contributed by atoms with van der Waals surface area (Å²) in [5.74, 6) is -0.669. The van der Waals surface area contributed by atoms with Gasteiger partial charge in [0.25, 0.3) is 0 Å². The van der Waals surface area contributed by atoms with Crippen LogP contribution < -0.4 is 5.73 Å². The molecule has 0 fully saturated rings. The Labute approximate surface area is 116 Å². The minimum absolute atomic E-state index is 0.240. The number of rotatable bonds is 4. The van der Waals surface area contributed by atoms with Crippen LogP contribution in [0.4, 0.5) is 0 Å². The van der Waals surface area contributed by atoms with Gasteiger partial charge < -0.3 is 10.5 Å². The van der Waals surface area contributed by atoms with Gasteiger partial charge in [-0.05, 0) is 30.2 Å². The van der Waals surface area contributed by atoms with E-state index in [1.165, 1.54) is 7.11 Å². The van der Waals surface area contributed by atoms with Crippen LogP contribution in [0.5, 0.6) is 0 Å². The molecule has 0 radical (unpaired) electrons. The van der Waals surface area contributed by atoms with Crippen LogP contribution >= 0.6 is 11.6 Å². The van der Waals surface area contributed by atoms with E-state index in [0.29, 0.717) is 11.4 Å². The van der Waals surface area contributed by atoms with E-state index in [4.69, 9.17) is 22.1 Å². The first-order valence-electron chi connectivity index (χ1n) is 5.97. The number of carbonyl (C=O) groups excluding carboxylic acids is 1. The first kappa shape index (κ1) is 13.8. The number of nitrogens with two attached hydrogens (primary N) is 1. The highest BCUT2D eigenvalue weighted by molar-refractivity contribution is 6.35. The molecule has 2 rings (SSSR count). The van der Waals surface area contributed by atoms with Crippen LogP contribution in [0.15, 0.2) is 30.5 Å². The smallest absolute Gasteiger partial charge is 0.310 e. The predicted molar refractivity (Wildman–Crippen MR) is 75.0 cm³/mol. The molecule has 100 valence electrons. The molecule has 2 N–H and O–H groups in total. The van der Waals surface area contributed by atoms with Crippen LogP contribution in [0.3, 0.4) is 0 Å². The molecule has 2 aromatic rings. The summed E-state index contributed by atoms with van der Waals surface area (Å²) in [6.07, 6.45) is 2.20. The number of pyridine rings is 1. The van der Waals surface area contributed by atoms with Crippen LogP contribution in [-0.2, 0) is 16.0 Å². The number of carbonyl (C=O) groups is 1. The van der Waals surface area contributed by atoms with Crippen molar-refractivity contribution in [2.75, 3.05) is 13.7 Å². The summed E-state index contributed by atoms with van der Waals surface area (Å²) < 4.78 is 4.75. The molecule has 0 amide bonds. The van der Waals surface area contributed by atoms with Crippen LogP contribution in [0.1, 0.15) is 5.56 Å². The van der Waals surface area contributed by atoms with Gasteiger partial charge in [0.15, 0.2) is 0 Å². The summed E-state index contributed by atoms with van der Waals surface area (Å²) in [5, 5.41) is 1.52. The molecule has 1 unspecified atom stereocenters. The maximum atomic E-state index is 11.6. The number of halogens is 1. The highest BCUT2D eigenvalue weighted by Crippen LogP contribution is 2.26. The third-order valence-corrected chi connectivity index (χ3v) is 3.41. The summed E-state index contributed by atoms with van der Waals surface area (Å²) in [7, 11) is 1.36. The Balaban J connectivity index is 2.40. The third-order valence-electron chi connectivity index (χ3n) is 3.09. The molecule has 1 heterocycles. The Morgan fingerprint density at radius 3 is 2.95 bits per heavy atom. The second-order valence-electron chi connectivity index (χ2n) is 4.27. The Kier molecular flexibility index (Phi) is 4.35. The van der Waals surface area contributed by atoms with Crippen LogP contribution in [0.25, 0.3) is 10.9 Å². The molecule has 19 heavy (non-hydrogen) atoms. The van der Waals surface area contributed by atoms with Crippen LogP contribution in [-0.4, -0.2) is 24.6 Å². The molecule has 0 aliphatic heterocycles. The lowest BCUT2D eigenvalue weighted by molar-refractivity contribution is -0.145. The van der Waals surface area contributed by atoms with E-state index < -0.39 is 0 Å². The van der Waals surface area contributed by atoms with Gasteiger partial charge in [-0.25, -0.2) is 0 Å². The molecule has 4 nitrogen and oxygen atoms in total. The van der Waals surface area contributed by atoms with E-state index in [0.717, 1.165) is 16.5 Å². The van der Waals surface area contributed by atoms with E-state index >= 15 is 0 Å². The number of esters is 1. The lowest BCUT2D eigenvalue weighted by atomic mass is 9.97. The fourth-order valence-electron chi connectivity index (χ4n) is 2.06. The van der Waals surface area contributed by atoms with E-state index in [-0.39, 0.29) is 18.4 Å². The van der Waals surface area contributed by atoms with Crippen molar-refractivity contribution in [1.82, 2.24) is 4.98 Å². The molecule has 0 aliphatic carbocycles. The first-order chi connectivity index (χ1) is 9.17. The third kappa shape index (κ3) is 2.85. The Bertz CT molecular complexity index is 601. The van der Waals surface area contributed by atoms with Crippen molar-refractivity contribution < 1.29 is 9.53 Å². The molecule has 0 saturated carbocycles. The van der Waals surface area contributed by atoms with Gasteiger partial charge in [-0.1, -0.05) is 17.7 Å². The quantitative estimate of drug-likeness (QED) is 0.871. The Morgan fingerprint density at radius 2 is 2.26 bits per heavy atom. The average Bonchev–Trinajstić information content (AvgIpc) is 2.46. The summed E-state index contributed by atoms with van der Waals surface area (Å²) >= 11 is 6.13. The van der Waals surface area contributed by atoms with Gasteiger partial charge in [-0.15, -0.1) is 0 Å². The van der Waals surface area contributed by atoms with Gasteiger partial charge in [-0.2, -0.15) is 0 Å². The van der Waals surface area contributed by atoms with Crippen molar-refractivity contribution in [3.63, 3.8) is 0 Å². The van der Waals surface area contributed by atoms with E-state index in [2.05, 4.69) is 4.98 Å². The van der Waals surface area contributed by atoms with Crippen molar-refractivity contribution >= 4 is 28.5 Å². The summed E-state index contributed by atoms with van der Waals surface area (Å²) in [5.41, 5.74) is 7.37. The second-order valence-corrected chi connectivity index (χ2v) is 4.67. The Hall–Kier alpha value is -1.65. The van der Waals surface area contributed by atoms with Crippen molar-refractivity contribution in [2.45, 2.75) is 6.42 Å². The van der Waals surface area contributed by atoms with E-state index in [1.54, 1.807) is 6.20 Å². The number of hydrogen-bond acceptors (Lipinski definition) is 4. The molecule has 0 saturated heterocycles. The minimum atomic E-state index is -0.364. The molecule has 1 atom stereocenters. The van der Waals surface area contributed by atoms with E-state index in [9.17, 15) is 4.79 Å². The monoisotopic (exact) mass is 278 g/mol. The number of hydrogen-bond donors (Lipinski definition) is 1. The van der Waals surface area contributed by atoms with Crippen LogP contribution in [0, 0.1) is 5.92 Å². The SMILES string of the molecule is COC(=O)C(CN)Cc1ccc(Cl)c2cccnc12. The van der Waals surface area contributed by atoms with Gasteiger partial charge in [0, 0.05) is 23.2 Å². The van der Waals surface area contributed by atoms with Gasteiger partial charge in [0.1, 0.15) is 0 Å². The normalized spacial score (nSPS) is 12.4. The Morgan fingerprint density at radius 1 is 1.47 bits per heavy atom. The van der Waals surface area contributed by atoms with Gasteiger partial charge in [-0.3, -0.25) is 9.78 Å². The van der Waals surface area contributed by atoms with Gasteiger partial charge in [0.2, 0.25) is 0 Å². The molecular formula is C14H15ClN2O2. The standard InChI is InChI=1S/C14H15ClN2O2/c1-19-14(18)10(8-16)7-9-4-5-12(15)11-3-2-6-17-13(9)11/h2-6,10H,7-8,16H2,1H3. The van der Waals surface area contributed by atoms with Crippen molar-refractivity contribution in [3.05, 3.63) is 41.0 Å². The fourth-order valence-corrected chi connectivity index (χ4v) is 2.27. The minimum Gasteiger partial charge on any atom is -0.469 e. The molecule has 5 heteroatoms. The molecular weight excluding hydrogens is 264 g/mol. The molecule has 0 spiro atoms. The average molecular weight is 279 g/mol. The molecule has 0 aliphatic rings. The topological polar surface area (TPSA) is 65.2 Å². The fraction of sp³-hybridized carbons (Fsp3) is 0.286. The van der Waals surface area contributed by atoms with Gasteiger partial charge >= 0.3 is 5.97 Å². The van der Waals surface area contributed by atoms with Gasteiger partial charge in [0.05, 0.1) is 18.5 Å². The molecule has 1 aromatic heterocycles. The number of aromatic nitrogens is 1. The lowest BCUT2D eigenvalue weighted by Crippen LogP contribution is -2.26. The number of methoxy groups -OCH3 is 1. The van der Waals surface area contributed by atoms with Crippen molar-refractivity contribution in [3.8, 4) is 0 Å². The molecule has 0 bridgehead atoms. The maximum Gasteiger partial charge on any atom is 0.310 e. The zero-order valence-electron chi connectivity index (χ0n) is 10.6. The lowest BCUT2D eigenvalue weighted by Gasteiger charge is -2.13. The number of fused-ring (bicyclic) bond motifs is 1. The van der Waals surface area contributed by atoms with Crippen molar-refractivity contribution in [1.29, 1.82) is 0 Å². The highest BCUT2D eigenvalue weighted by Gasteiger charge is 2.19. The first-order valence-corrected chi connectivity index (χ1v) is 6.35. The number of ether oxygens (including phenoxy) is 1. The van der Waals surface area contributed by atoms with Crippen molar-refractivity contribution in [2.24, 2.45) is 11.7 Å². The number of nitrogens with zero attached hydrogens (tertiary/aromatic N) is 1. The number of benzene rings is 1. The summed E-state index contributed by atoms with van der Waals surface area (Å²) in [4.78, 5) is 15.9. The molecule has 1 aromatic carbocycles. The van der Waals surface area contributed by atoms with Crippen LogP contribution in [0.2, 0.25) is 5.02 Å². The summed E-state index contributed by atoms with van der Waals surface area (Å²) in [6.45, 7) is 0.240. The largest absolute Gasteiger partial charge is 0.469 e. The predicted octanol–water partition coefficient (Wildman–Crippen LogP) is 2.18. The van der Waals surface area contributed by atoms with E-state index in [1.807, 2.05) is 24.3 Å².